The van der Waals surface area contributed by atoms with Crippen molar-refractivity contribution in [2.45, 2.75) is 57.7 Å². The van der Waals surface area contributed by atoms with Gasteiger partial charge in [0.2, 0.25) is 5.43 Å². The van der Waals surface area contributed by atoms with E-state index in [1.165, 1.54) is 4.57 Å². The Morgan fingerprint density at radius 1 is 1.17 bits per heavy atom. The first kappa shape index (κ1) is 28.5. The van der Waals surface area contributed by atoms with Crippen LogP contribution in [0.1, 0.15) is 67.1 Å². The second-order valence-corrected chi connectivity index (χ2v) is 11.8. The normalized spacial score (nSPS) is 19.0. The first-order valence-electron chi connectivity index (χ1n) is 13.7. The maximum Gasteiger partial charge on any atom is 0.407 e. The molecule has 1 aromatic heterocycles. The number of hydrogen-bond acceptors (Lipinski definition) is 6. The molecule has 4 N–H and O–H groups in total. The lowest BCUT2D eigenvalue weighted by molar-refractivity contribution is 0.0518. The van der Waals surface area contributed by atoms with Gasteiger partial charge >= 0.3 is 12.1 Å². The van der Waals surface area contributed by atoms with Crippen molar-refractivity contribution in [2.24, 2.45) is 11.7 Å². The monoisotopic (exact) mass is 568 g/mol. The van der Waals surface area contributed by atoms with Gasteiger partial charge in [-0.05, 0) is 50.8 Å². The second-order valence-electron chi connectivity index (χ2n) is 11.8. The summed E-state index contributed by atoms with van der Waals surface area (Å²) >= 11 is 0. The summed E-state index contributed by atoms with van der Waals surface area (Å²) in [5.74, 6) is -3.74. The zero-order valence-corrected chi connectivity index (χ0v) is 23.2. The molecule has 9 nitrogen and oxygen atoms in total. The van der Waals surface area contributed by atoms with E-state index in [1.807, 2.05) is 24.3 Å². The summed E-state index contributed by atoms with van der Waals surface area (Å²) in [6.07, 6.45) is 1.97. The van der Waals surface area contributed by atoms with Gasteiger partial charge < -0.3 is 30.4 Å². The van der Waals surface area contributed by atoms with Gasteiger partial charge in [0.25, 0.3) is 0 Å². The molecule has 41 heavy (non-hydrogen) atoms. The number of carbonyl (C=O) groups is 2. The molecule has 1 saturated carbocycles. The number of alkyl carbamates (subject to hydrolysis) is 1. The zero-order chi connectivity index (χ0) is 29.6. The lowest BCUT2D eigenvalue weighted by atomic mass is 9.88. The van der Waals surface area contributed by atoms with E-state index in [0.717, 1.165) is 23.4 Å². The van der Waals surface area contributed by atoms with Gasteiger partial charge in [0.15, 0.2) is 5.82 Å². The molecule has 0 radical (unpaired) electrons. The number of nitrogens with two attached hydrogens (primary N) is 1. The Balaban J connectivity index is 1.55. The number of anilines is 1. The Labute approximate surface area is 235 Å². The van der Waals surface area contributed by atoms with Crippen LogP contribution in [0, 0.1) is 17.6 Å². The second kappa shape index (κ2) is 10.8. The van der Waals surface area contributed by atoms with Gasteiger partial charge in [-0.3, -0.25) is 4.79 Å². The van der Waals surface area contributed by atoms with Gasteiger partial charge in [-0.2, -0.15) is 0 Å². The van der Waals surface area contributed by atoms with E-state index in [4.69, 9.17) is 10.5 Å². The van der Waals surface area contributed by atoms with Gasteiger partial charge in [-0.15, -0.1) is 0 Å². The Morgan fingerprint density at radius 3 is 2.54 bits per heavy atom. The Hall–Kier alpha value is -3.99. The van der Waals surface area contributed by atoms with Crippen LogP contribution in [-0.4, -0.2) is 47.0 Å². The number of aromatic carboxylic acids is 1. The van der Waals surface area contributed by atoms with Gasteiger partial charge in [0.1, 0.15) is 22.7 Å². The largest absolute Gasteiger partial charge is 0.477 e. The molecule has 2 atom stereocenters. The molecule has 1 amide bonds. The van der Waals surface area contributed by atoms with Crippen molar-refractivity contribution in [2.75, 3.05) is 24.5 Å². The highest BCUT2D eigenvalue weighted by atomic mass is 19.1. The van der Waals surface area contributed by atoms with Crippen LogP contribution in [0.25, 0.3) is 10.9 Å². The van der Waals surface area contributed by atoms with Crippen molar-refractivity contribution in [3.63, 3.8) is 0 Å². The molecule has 1 aliphatic carbocycles. The van der Waals surface area contributed by atoms with Crippen LogP contribution in [0.4, 0.5) is 19.3 Å². The predicted octanol–water partition coefficient (Wildman–Crippen LogP) is 4.52. The summed E-state index contributed by atoms with van der Waals surface area (Å²) in [7, 11) is 0. The van der Waals surface area contributed by atoms with E-state index in [0.29, 0.717) is 19.4 Å². The average Bonchev–Trinajstić information content (AvgIpc) is 3.66. The molecule has 218 valence electrons. The van der Waals surface area contributed by atoms with E-state index in [2.05, 4.69) is 5.32 Å². The molecular weight excluding hydrogens is 534 g/mol. The number of benzene rings is 2. The van der Waals surface area contributed by atoms with Crippen LogP contribution in [0.15, 0.2) is 41.3 Å². The summed E-state index contributed by atoms with van der Waals surface area (Å²) in [5.41, 5.74) is 5.17. The van der Waals surface area contributed by atoms with E-state index < -0.39 is 40.3 Å². The van der Waals surface area contributed by atoms with Gasteiger partial charge in [0.05, 0.1) is 10.9 Å². The van der Waals surface area contributed by atoms with E-state index >= 15 is 8.78 Å². The number of rotatable bonds is 7. The Morgan fingerprint density at radius 2 is 1.90 bits per heavy atom. The number of aromatic nitrogens is 1. The van der Waals surface area contributed by atoms with Gasteiger partial charge in [-0.25, -0.2) is 18.4 Å². The summed E-state index contributed by atoms with van der Waals surface area (Å²) in [4.78, 5) is 38.6. The van der Waals surface area contributed by atoms with Crippen molar-refractivity contribution in [1.82, 2.24) is 9.88 Å². The summed E-state index contributed by atoms with van der Waals surface area (Å²) in [6, 6.07) is 8.44. The highest BCUT2D eigenvalue weighted by Crippen LogP contribution is 2.42. The molecule has 1 aliphatic heterocycles. The SMILES string of the molecule is CC(C)(C)OC(=O)NC[C@@H]1CN(c2c(F)cc3c(=O)c(C(=O)O)cn(C4CC4)c3c2F)C[C@H]1c1cccc(CN)c1. The minimum atomic E-state index is -1.45. The van der Waals surface area contributed by atoms with Gasteiger partial charge in [-0.1, -0.05) is 24.3 Å². The van der Waals surface area contributed by atoms with Crippen molar-refractivity contribution >= 4 is 28.7 Å². The summed E-state index contributed by atoms with van der Waals surface area (Å²) < 4.78 is 38.8. The molecule has 2 aliphatic rings. The lowest BCUT2D eigenvalue weighted by Gasteiger charge is -2.23. The van der Waals surface area contributed by atoms with Crippen LogP contribution < -0.4 is 21.4 Å². The Kier molecular flexibility index (Phi) is 7.50. The van der Waals surface area contributed by atoms with Crippen LogP contribution in [0.5, 0.6) is 0 Å². The van der Waals surface area contributed by atoms with E-state index in [-0.39, 0.29) is 54.1 Å². The number of carboxylic acids is 1. The number of amides is 1. The number of hydrogen-bond donors (Lipinski definition) is 3. The molecule has 2 heterocycles. The summed E-state index contributed by atoms with van der Waals surface area (Å²) in [6.45, 7) is 6.28. The maximum atomic E-state index is 16.3. The van der Waals surface area contributed by atoms with Gasteiger partial charge in [0, 0.05) is 50.3 Å². The fourth-order valence-corrected chi connectivity index (χ4v) is 5.63. The number of carbonyl (C=O) groups excluding carboxylic acids is 1. The highest BCUT2D eigenvalue weighted by Gasteiger charge is 2.38. The third-order valence-electron chi connectivity index (χ3n) is 7.63. The number of carboxylic acid groups (broad SMARTS) is 1. The van der Waals surface area contributed by atoms with Crippen LogP contribution in [0.3, 0.4) is 0 Å². The minimum Gasteiger partial charge on any atom is -0.477 e. The minimum absolute atomic E-state index is 0.101. The van der Waals surface area contributed by atoms with E-state index in [9.17, 15) is 19.5 Å². The Bertz CT molecular complexity index is 1580. The smallest absolute Gasteiger partial charge is 0.407 e. The van der Waals surface area contributed by atoms with Crippen molar-refractivity contribution in [1.29, 1.82) is 0 Å². The third-order valence-corrected chi connectivity index (χ3v) is 7.63. The number of fused-ring (bicyclic) bond motifs is 1. The van der Waals surface area contributed by atoms with Crippen LogP contribution in [0.2, 0.25) is 0 Å². The van der Waals surface area contributed by atoms with Crippen molar-refractivity contribution < 1.29 is 28.2 Å². The quantitative estimate of drug-likeness (QED) is 0.383. The number of pyridine rings is 1. The number of nitrogens with zero attached hydrogens (tertiary/aromatic N) is 2. The number of nitrogens with one attached hydrogen (secondary N) is 1. The molecule has 2 aromatic carbocycles. The topological polar surface area (TPSA) is 127 Å². The molecule has 1 saturated heterocycles. The molecule has 2 fully saturated rings. The first-order valence-corrected chi connectivity index (χ1v) is 13.7. The van der Waals surface area contributed by atoms with Crippen LogP contribution in [-0.2, 0) is 11.3 Å². The predicted molar refractivity (Wildman–Crippen MR) is 150 cm³/mol. The third kappa shape index (κ3) is 5.76. The molecule has 0 bridgehead atoms. The molecule has 0 spiro atoms. The number of ether oxygens (including phenoxy) is 1. The number of halogens is 2. The average molecular weight is 569 g/mol. The summed E-state index contributed by atoms with van der Waals surface area (Å²) in [5, 5.41) is 12.0. The molecular formula is C30H34F2N4O5. The fraction of sp³-hybridized carbons (Fsp3) is 0.433. The van der Waals surface area contributed by atoms with Crippen molar-refractivity contribution in [3.8, 4) is 0 Å². The van der Waals surface area contributed by atoms with Crippen LogP contribution >= 0.6 is 0 Å². The molecule has 0 unspecified atom stereocenters. The molecule has 3 aromatic rings. The standard InChI is InChI=1S/C30H34F2N4O5/c1-30(2,3)41-29(40)34-12-18-13-35(14-21(18)17-6-4-5-16(9-17)11-33)26-23(31)10-20-25(24(26)32)36(19-7-8-19)15-22(27(20)37)28(38)39/h4-6,9-10,15,18-19,21H,7-8,11-14,33H2,1-3H3,(H,34,40)(H,38,39)/t18-,21+/m1/s1. The highest BCUT2D eigenvalue weighted by molar-refractivity contribution is 5.94. The van der Waals surface area contributed by atoms with E-state index in [1.54, 1.807) is 25.7 Å². The lowest BCUT2D eigenvalue weighted by Crippen LogP contribution is -2.37. The maximum absolute atomic E-state index is 16.3. The molecule has 11 heteroatoms. The molecule has 5 rings (SSSR count). The first-order chi connectivity index (χ1) is 19.4. The fourth-order valence-electron chi connectivity index (χ4n) is 5.63. The van der Waals surface area contributed by atoms with Crippen molar-refractivity contribution in [3.05, 3.63) is 75.1 Å². The zero-order valence-electron chi connectivity index (χ0n) is 23.2.